The van der Waals surface area contributed by atoms with E-state index >= 15 is 0 Å². The normalized spacial score (nSPS) is 14.9. The zero-order chi connectivity index (χ0) is 21.1. The minimum absolute atomic E-state index is 0.000347. The first-order valence-electron chi connectivity index (χ1n) is 9.90. The molecule has 0 spiro atoms. The summed E-state index contributed by atoms with van der Waals surface area (Å²) >= 11 is 0. The number of rotatable bonds is 6. The Morgan fingerprint density at radius 1 is 1.13 bits per heavy atom. The van der Waals surface area contributed by atoms with Gasteiger partial charge in [0.25, 0.3) is 0 Å². The lowest BCUT2D eigenvalue weighted by molar-refractivity contribution is -0.118. The Balaban J connectivity index is 1.47. The Labute approximate surface area is 175 Å². The summed E-state index contributed by atoms with van der Waals surface area (Å²) in [7, 11) is -3.81. The van der Waals surface area contributed by atoms with Gasteiger partial charge < -0.3 is 9.42 Å². The second kappa shape index (κ2) is 8.39. The van der Waals surface area contributed by atoms with E-state index in [9.17, 15) is 13.2 Å². The number of sulfone groups is 1. The molecule has 0 unspecified atom stereocenters. The van der Waals surface area contributed by atoms with E-state index in [1.807, 2.05) is 54.6 Å². The van der Waals surface area contributed by atoms with Crippen LogP contribution in [0.4, 0.5) is 5.69 Å². The summed E-state index contributed by atoms with van der Waals surface area (Å²) in [5, 5.41) is 2.67. The molecule has 0 aliphatic carbocycles. The lowest BCUT2D eigenvalue weighted by Gasteiger charge is -2.31. The lowest BCUT2D eigenvalue weighted by atomic mass is 10.0. The Hall–Kier alpha value is -3.00. The first-order chi connectivity index (χ1) is 14.4. The van der Waals surface area contributed by atoms with Crippen molar-refractivity contribution in [1.29, 1.82) is 0 Å². The molecule has 0 bridgehead atoms. The Bertz CT molecular complexity index is 1140. The van der Waals surface area contributed by atoms with Crippen LogP contribution >= 0.6 is 0 Å². The van der Waals surface area contributed by atoms with Crippen LogP contribution in [0, 0.1) is 0 Å². The molecule has 156 valence electrons. The molecule has 0 saturated heterocycles. The maximum atomic E-state index is 13.0. The van der Waals surface area contributed by atoms with Crippen molar-refractivity contribution in [1.82, 2.24) is 10.1 Å². The summed E-state index contributed by atoms with van der Waals surface area (Å²) in [6.45, 7) is 1.94. The number of hydrogen-bond acceptors (Lipinski definition) is 6. The maximum Gasteiger partial charge on any atom is 0.245 e. The minimum atomic E-state index is -3.81. The number of carbonyl (C=O) groups excluding carboxylic acids is 1. The Kier molecular flexibility index (Phi) is 5.67. The molecule has 7 nitrogen and oxygen atoms in total. The fourth-order valence-corrected chi connectivity index (χ4v) is 4.78. The monoisotopic (exact) mass is 425 g/mol. The third kappa shape index (κ3) is 4.28. The van der Waals surface area contributed by atoms with Gasteiger partial charge in [0.05, 0.1) is 0 Å². The van der Waals surface area contributed by atoms with E-state index in [2.05, 4.69) is 10.1 Å². The highest BCUT2D eigenvalue weighted by Crippen LogP contribution is 2.28. The van der Waals surface area contributed by atoms with Gasteiger partial charge in [0.2, 0.25) is 11.8 Å². The predicted octanol–water partition coefficient (Wildman–Crippen LogP) is 2.94. The van der Waals surface area contributed by atoms with Crippen molar-refractivity contribution < 1.29 is 17.7 Å². The number of aromatic nitrogens is 2. The summed E-state index contributed by atoms with van der Waals surface area (Å²) in [5.41, 5.74) is 2.85. The highest BCUT2D eigenvalue weighted by atomic mass is 32.2. The number of fused-ring (bicyclic) bond motifs is 1. The van der Waals surface area contributed by atoms with Gasteiger partial charge in [-0.3, -0.25) is 4.79 Å². The number of aryl methyl sites for hydroxylation is 1. The number of carbonyl (C=O) groups is 1. The molecule has 1 aliphatic rings. The van der Waals surface area contributed by atoms with Crippen molar-refractivity contribution in [3.05, 3.63) is 77.4 Å². The minimum Gasteiger partial charge on any atom is -0.338 e. The van der Waals surface area contributed by atoms with Crippen molar-refractivity contribution in [2.45, 2.75) is 37.2 Å². The molecule has 2 aromatic carbocycles. The Morgan fingerprint density at radius 3 is 2.67 bits per heavy atom. The maximum absolute atomic E-state index is 13.0. The van der Waals surface area contributed by atoms with E-state index in [0.29, 0.717) is 18.8 Å². The van der Waals surface area contributed by atoms with Crippen LogP contribution in [0.2, 0.25) is 0 Å². The van der Waals surface area contributed by atoms with E-state index in [4.69, 9.17) is 4.52 Å². The van der Waals surface area contributed by atoms with Crippen molar-refractivity contribution in [3.8, 4) is 0 Å². The number of nitrogens with zero attached hydrogens (tertiary/aromatic N) is 3. The number of benzene rings is 2. The fraction of sp³-hybridized carbons (Fsp3) is 0.318. The summed E-state index contributed by atoms with van der Waals surface area (Å²) in [4.78, 5) is 18.8. The van der Waals surface area contributed by atoms with Crippen molar-refractivity contribution in [2.24, 2.45) is 0 Å². The van der Waals surface area contributed by atoms with Crippen LogP contribution in [0.15, 0.2) is 59.1 Å². The quantitative estimate of drug-likeness (QED) is 0.603. The molecule has 0 fully saturated rings. The van der Waals surface area contributed by atoms with E-state index in [-0.39, 0.29) is 5.89 Å². The molecule has 1 amide bonds. The van der Waals surface area contributed by atoms with Crippen LogP contribution in [0.25, 0.3) is 0 Å². The van der Waals surface area contributed by atoms with Crippen LogP contribution in [-0.4, -0.2) is 36.3 Å². The molecule has 30 heavy (non-hydrogen) atoms. The van der Waals surface area contributed by atoms with Crippen LogP contribution in [-0.2, 0) is 33.2 Å². The van der Waals surface area contributed by atoms with E-state index in [1.165, 1.54) is 6.92 Å². The van der Waals surface area contributed by atoms with E-state index < -0.39 is 26.7 Å². The zero-order valence-corrected chi connectivity index (χ0v) is 17.5. The summed E-state index contributed by atoms with van der Waals surface area (Å²) < 4.78 is 30.9. The number of hydrogen-bond donors (Lipinski definition) is 0. The second-order valence-electron chi connectivity index (χ2n) is 7.44. The summed E-state index contributed by atoms with van der Waals surface area (Å²) in [5.74, 6) is -0.474. The zero-order valence-electron chi connectivity index (χ0n) is 16.7. The smallest absolute Gasteiger partial charge is 0.245 e. The molecule has 0 N–H and O–H groups in total. The van der Waals surface area contributed by atoms with Crippen LogP contribution < -0.4 is 4.90 Å². The fourth-order valence-electron chi connectivity index (χ4n) is 3.63. The van der Waals surface area contributed by atoms with Gasteiger partial charge in [0.1, 0.15) is 11.0 Å². The average molecular weight is 426 g/mol. The average Bonchev–Trinajstić information content (AvgIpc) is 3.18. The van der Waals surface area contributed by atoms with E-state index in [1.54, 1.807) is 4.90 Å². The van der Waals surface area contributed by atoms with Gasteiger partial charge >= 0.3 is 0 Å². The first kappa shape index (κ1) is 20.3. The standard InChI is InChI=1S/C22H23N3O4S/c1-16(22(26)25-13-7-11-18-10-5-6-12-19(18)25)30(27,28)15-21-23-20(24-29-21)14-17-8-3-2-4-9-17/h2-6,8-10,12,16H,7,11,13-15H2,1H3/t16-/m0/s1. The van der Waals surface area contributed by atoms with Crippen LogP contribution in [0.3, 0.4) is 0 Å². The van der Waals surface area contributed by atoms with Gasteiger partial charge in [0.15, 0.2) is 15.7 Å². The molecule has 4 rings (SSSR count). The predicted molar refractivity (Wildman–Crippen MR) is 113 cm³/mol. The first-order valence-corrected chi connectivity index (χ1v) is 11.6. The molecule has 2 heterocycles. The highest BCUT2D eigenvalue weighted by molar-refractivity contribution is 7.92. The molecule has 0 saturated carbocycles. The Morgan fingerprint density at radius 2 is 1.87 bits per heavy atom. The van der Waals surface area contributed by atoms with Crippen molar-refractivity contribution >= 4 is 21.4 Å². The van der Waals surface area contributed by atoms with Crippen molar-refractivity contribution in [2.75, 3.05) is 11.4 Å². The molecule has 1 aromatic heterocycles. The van der Waals surface area contributed by atoms with Gasteiger partial charge in [-0.2, -0.15) is 4.98 Å². The molecule has 0 radical (unpaired) electrons. The highest BCUT2D eigenvalue weighted by Gasteiger charge is 2.35. The van der Waals surface area contributed by atoms with Crippen LogP contribution in [0.1, 0.15) is 36.2 Å². The van der Waals surface area contributed by atoms with Gasteiger partial charge in [-0.1, -0.05) is 53.7 Å². The third-order valence-corrected chi connectivity index (χ3v) is 7.23. The van der Waals surface area contributed by atoms with Gasteiger partial charge in [-0.15, -0.1) is 0 Å². The molecular weight excluding hydrogens is 402 g/mol. The van der Waals surface area contributed by atoms with Gasteiger partial charge in [0, 0.05) is 18.7 Å². The van der Waals surface area contributed by atoms with Gasteiger partial charge in [-0.25, -0.2) is 8.42 Å². The topological polar surface area (TPSA) is 93.4 Å². The van der Waals surface area contributed by atoms with Crippen LogP contribution in [0.5, 0.6) is 0 Å². The van der Waals surface area contributed by atoms with Gasteiger partial charge in [-0.05, 0) is 37.0 Å². The largest absolute Gasteiger partial charge is 0.338 e. The summed E-state index contributed by atoms with van der Waals surface area (Å²) in [6, 6.07) is 17.2. The molecule has 1 atom stereocenters. The molecular formula is C22H23N3O4S. The number of para-hydroxylation sites is 1. The van der Waals surface area contributed by atoms with Crippen molar-refractivity contribution in [3.63, 3.8) is 0 Å². The second-order valence-corrected chi connectivity index (χ2v) is 9.76. The SMILES string of the molecule is C[C@@H](C(=O)N1CCCc2ccccc21)S(=O)(=O)Cc1nc(Cc2ccccc2)no1. The molecule has 3 aromatic rings. The van der Waals surface area contributed by atoms with E-state index in [0.717, 1.165) is 29.7 Å². The lowest BCUT2D eigenvalue weighted by Crippen LogP contribution is -2.44. The number of amides is 1. The third-order valence-electron chi connectivity index (χ3n) is 5.30. The number of anilines is 1. The molecule has 8 heteroatoms. The molecule has 1 aliphatic heterocycles. The summed E-state index contributed by atoms with van der Waals surface area (Å²) in [6.07, 6.45) is 2.14.